The van der Waals surface area contributed by atoms with Gasteiger partial charge in [-0.3, -0.25) is 4.79 Å². The number of halogens is 1. The van der Waals surface area contributed by atoms with Crippen LogP contribution >= 0.6 is 11.7 Å². The Bertz CT molecular complexity index is 1600. The fourth-order valence-electron chi connectivity index (χ4n) is 4.24. The molecule has 0 radical (unpaired) electrons. The Hall–Kier alpha value is -3.51. The van der Waals surface area contributed by atoms with Crippen molar-refractivity contribution in [3.63, 3.8) is 0 Å². The number of methoxy groups -OCH3 is 3. The van der Waals surface area contributed by atoms with Gasteiger partial charge in [0.25, 0.3) is 0 Å². The van der Waals surface area contributed by atoms with Crippen LogP contribution in [0.1, 0.15) is 35.3 Å². The van der Waals surface area contributed by atoms with E-state index in [2.05, 4.69) is 8.75 Å². The van der Waals surface area contributed by atoms with Crippen LogP contribution in [-0.4, -0.2) is 47.9 Å². The number of Topliss-reactive ketones (excluding diaryl/α,β-unsaturated/α-hetero) is 1. The van der Waals surface area contributed by atoms with Crippen LogP contribution in [-0.2, 0) is 11.2 Å². The zero-order valence-electron chi connectivity index (χ0n) is 23.4. The van der Waals surface area contributed by atoms with Gasteiger partial charge in [-0.25, -0.2) is 4.39 Å². The van der Waals surface area contributed by atoms with Crippen molar-refractivity contribution in [2.24, 2.45) is 0 Å². The summed E-state index contributed by atoms with van der Waals surface area (Å²) in [5, 5.41) is 12.6. The number of allylic oxidation sites excluding steroid dienone is 1. The molecule has 208 valence electrons. The molecular formula is C29H26FN2NaO7S. The molecule has 0 saturated carbocycles. The molecule has 0 amide bonds. The van der Waals surface area contributed by atoms with E-state index in [9.17, 15) is 19.1 Å². The summed E-state index contributed by atoms with van der Waals surface area (Å²) in [6.07, 6.45) is -0.468. The number of hydrogen-bond donors (Lipinski definition) is 0. The minimum Gasteiger partial charge on any atom is -0.545 e. The molecule has 3 aromatic carbocycles. The first-order valence-corrected chi connectivity index (χ1v) is 12.9. The van der Waals surface area contributed by atoms with Crippen molar-refractivity contribution < 1.29 is 67.6 Å². The summed E-state index contributed by atoms with van der Waals surface area (Å²) < 4.78 is 44.9. The summed E-state index contributed by atoms with van der Waals surface area (Å²) in [7, 11) is 4.33. The molecule has 0 aliphatic carbocycles. The molecule has 9 nitrogen and oxygen atoms in total. The van der Waals surface area contributed by atoms with Crippen LogP contribution in [0, 0.1) is 5.82 Å². The molecule has 0 atom stereocenters. The van der Waals surface area contributed by atoms with Gasteiger partial charge >= 0.3 is 29.6 Å². The maximum Gasteiger partial charge on any atom is 1.00 e. The maximum atomic E-state index is 14.9. The van der Waals surface area contributed by atoms with E-state index in [1.165, 1.54) is 45.6 Å². The normalized spacial score (nSPS) is 11.5. The Morgan fingerprint density at radius 3 is 2.07 bits per heavy atom. The van der Waals surface area contributed by atoms with Crippen LogP contribution in [0.5, 0.6) is 23.0 Å². The number of aromatic nitrogens is 2. The van der Waals surface area contributed by atoms with E-state index in [1.54, 1.807) is 32.0 Å². The Balaban J connectivity index is 0.00000462. The molecule has 1 heterocycles. The molecule has 4 rings (SSSR count). The summed E-state index contributed by atoms with van der Waals surface area (Å²) >= 11 is 0.975. The Labute approximate surface area is 262 Å². The van der Waals surface area contributed by atoms with Gasteiger partial charge < -0.3 is 28.8 Å². The van der Waals surface area contributed by atoms with Crippen LogP contribution < -0.4 is 53.6 Å². The predicted octanol–water partition coefficient (Wildman–Crippen LogP) is 1.28. The van der Waals surface area contributed by atoms with Crippen molar-refractivity contribution in [3.8, 4) is 23.0 Å². The van der Waals surface area contributed by atoms with E-state index in [0.29, 0.717) is 33.8 Å². The van der Waals surface area contributed by atoms with Crippen molar-refractivity contribution in [2.45, 2.75) is 26.4 Å². The number of ketones is 1. The van der Waals surface area contributed by atoms with Crippen LogP contribution in [0.3, 0.4) is 0 Å². The summed E-state index contributed by atoms with van der Waals surface area (Å²) in [6.45, 7) is 3.50. The van der Waals surface area contributed by atoms with E-state index < -0.39 is 17.6 Å². The van der Waals surface area contributed by atoms with Gasteiger partial charge in [0.05, 0.1) is 45.1 Å². The summed E-state index contributed by atoms with van der Waals surface area (Å²) in [5.74, 6) is -2.11. The zero-order chi connectivity index (χ0) is 29.0. The van der Waals surface area contributed by atoms with Gasteiger partial charge in [-0.05, 0) is 67.4 Å². The van der Waals surface area contributed by atoms with Crippen LogP contribution in [0.2, 0.25) is 0 Å². The number of carboxylic acids is 1. The third-order valence-electron chi connectivity index (χ3n) is 5.98. The van der Waals surface area contributed by atoms with Gasteiger partial charge in [0.15, 0.2) is 28.8 Å². The van der Waals surface area contributed by atoms with Gasteiger partial charge in [0.1, 0.15) is 11.0 Å². The summed E-state index contributed by atoms with van der Waals surface area (Å²) in [5.41, 5.74) is 1.13. The van der Waals surface area contributed by atoms with Crippen molar-refractivity contribution in [2.75, 3.05) is 21.3 Å². The predicted molar refractivity (Wildman–Crippen MR) is 146 cm³/mol. The Kier molecular flexibility index (Phi) is 10.9. The number of carboxylic acid groups (broad SMARTS) is 1. The SMILES string of the molecule is COc1cc(C/C(C(=O)c2ccc(OC(C)C)c(F)c2)=C(/C(=O)[O-])c2ccc3nsnc3c2)cc(OC)c1OC.[Na+]. The number of nitrogens with zero attached hydrogens (tertiary/aromatic N) is 2. The second-order valence-corrected chi connectivity index (χ2v) is 9.49. The summed E-state index contributed by atoms with van der Waals surface area (Å²) in [6, 6.07) is 11.6. The maximum absolute atomic E-state index is 14.9. The number of aliphatic carboxylic acids is 1. The average Bonchev–Trinajstić information content (AvgIpc) is 3.40. The quantitative estimate of drug-likeness (QED) is 0.145. The molecule has 12 heteroatoms. The fraction of sp³-hybridized carbons (Fsp3) is 0.241. The third-order valence-corrected chi connectivity index (χ3v) is 6.54. The number of ether oxygens (including phenoxy) is 4. The molecular weight excluding hydrogens is 562 g/mol. The number of rotatable bonds is 11. The van der Waals surface area contributed by atoms with E-state index in [4.69, 9.17) is 18.9 Å². The monoisotopic (exact) mass is 588 g/mol. The molecule has 0 spiro atoms. The van der Waals surface area contributed by atoms with Crippen LogP contribution in [0.15, 0.2) is 54.1 Å². The molecule has 0 bridgehead atoms. The molecule has 0 saturated heterocycles. The number of hydrogen-bond acceptors (Lipinski definition) is 10. The van der Waals surface area contributed by atoms with E-state index >= 15 is 0 Å². The fourth-order valence-corrected chi connectivity index (χ4v) is 4.76. The number of carbonyl (C=O) groups excluding carboxylic acids is 2. The molecule has 0 fully saturated rings. The van der Waals surface area contributed by atoms with Gasteiger partial charge in [-0.1, -0.05) is 6.07 Å². The second-order valence-electron chi connectivity index (χ2n) is 8.96. The minimum absolute atomic E-state index is 0. The molecule has 41 heavy (non-hydrogen) atoms. The van der Waals surface area contributed by atoms with Crippen molar-refractivity contribution in [1.82, 2.24) is 8.75 Å². The standard InChI is InChI=1S/C29H27FN2O7S.Na/c1-15(2)39-23-9-7-18(13-20(23)30)27(33)19(10-16-11-24(36-3)28(38-5)25(12-16)37-4)26(29(34)35)17-6-8-21-22(14-17)32-40-31-21;/h6-9,11-15H,10H2,1-5H3,(H,34,35);/q;+1/p-1/b26-19-;. The summed E-state index contributed by atoms with van der Waals surface area (Å²) in [4.78, 5) is 26.5. The minimum atomic E-state index is -1.58. The van der Waals surface area contributed by atoms with E-state index in [-0.39, 0.29) is 70.1 Å². The molecule has 0 unspecified atom stereocenters. The third kappa shape index (κ3) is 7.05. The van der Waals surface area contributed by atoms with Crippen molar-refractivity contribution in [1.29, 1.82) is 0 Å². The van der Waals surface area contributed by atoms with Gasteiger partial charge in [-0.15, -0.1) is 0 Å². The Morgan fingerprint density at radius 1 is 0.878 bits per heavy atom. The molecule has 0 aliphatic rings. The molecule has 4 aromatic rings. The first-order chi connectivity index (χ1) is 19.2. The number of benzene rings is 3. The number of carbonyl (C=O) groups is 2. The van der Waals surface area contributed by atoms with Crippen molar-refractivity contribution in [3.05, 3.63) is 76.6 Å². The second kappa shape index (κ2) is 13.9. The first kappa shape index (κ1) is 32.0. The number of fused-ring (bicyclic) bond motifs is 1. The van der Waals surface area contributed by atoms with Gasteiger partial charge in [0, 0.05) is 23.1 Å². The van der Waals surface area contributed by atoms with E-state index in [1.807, 2.05) is 0 Å². The van der Waals surface area contributed by atoms with Gasteiger partial charge in [0.2, 0.25) is 5.75 Å². The largest absolute Gasteiger partial charge is 1.00 e. The zero-order valence-corrected chi connectivity index (χ0v) is 26.3. The topological polar surface area (TPSA) is 120 Å². The Morgan fingerprint density at radius 2 is 1.51 bits per heavy atom. The van der Waals surface area contributed by atoms with Crippen molar-refractivity contribution >= 4 is 40.1 Å². The molecule has 0 N–H and O–H groups in total. The smallest absolute Gasteiger partial charge is 0.545 e. The average molecular weight is 589 g/mol. The van der Waals surface area contributed by atoms with Crippen LogP contribution in [0.4, 0.5) is 4.39 Å². The first-order valence-electron chi connectivity index (χ1n) is 12.1. The molecule has 1 aromatic heterocycles. The molecule has 0 aliphatic heterocycles. The van der Waals surface area contributed by atoms with E-state index in [0.717, 1.165) is 17.8 Å². The van der Waals surface area contributed by atoms with Crippen LogP contribution in [0.25, 0.3) is 16.6 Å². The van der Waals surface area contributed by atoms with Gasteiger partial charge in [-0.2, -0.15) is 8.75 Å².